The molecule has 5 nitrogen and oxygen atoms in total. The molecule has 0 aliphatic heterocycles. The molecule has 0 unspecified atom stereocenters. The molecule has 29 heavy (non-hydrogen) atoms. The third-order valence-electron chi connectivity index (χ3n) is 4.98. The number of fused-ring (bicyclic) bond motifs is 3. The van der Waals surface area contributed by atoms with Gasteiger partial charge in [-0.25, -0.2) is 9.97 Å². The number of benzene rings is 1. The molecule has 0 fully saturated rings. The SMILES string of the molecule is CCCc1nc2c(N)nc3cc(/C=C/c4cccnc4)ccc3c2n1CC(C)C. The van der Waals surface area contributed by atoms with E-state index in [1.54, 1.807) is 6.20 Å². The van der Waals surface area contributed by atoms with Crippen molar-refractivity contribution in [2.45, 2.75) is 40.2 Å². The van der Waals surface area contributed by atoms with Crippen LogP contribution in [-0.4, -0.2) is 19.5 Å². The summed E-state index contributed by atoms with van der Waals surface area (Å²) >= 11 is 0. The maximum atomic E-state index is 6.33. The van der Waals surface area contributed by atoms with Gasteiger partial charge in [-0.2, -0.15) is 0 Å². The molecule has 0 saturated carbocycles. The van der Waals surface area contributed by atoms with Gasteiger partial charge in [0.2, 0.25) is 0 Å². The number of anilines is 1. The molecule has 4 rings (SSSR count). The molecule has 0 aliphatic rings. The molecule has 5 heteroatoms. The summed E-state index contributed by atoms with van der Waals surface area (Å²) in [5.41, 5.74) is 11.3. The number of imidazole rings is 1. The maximum Gasteiger partial charge on any atom is 0.152 e. The smallest absolute Gasteiger partial charge is 0.152 e. The topological polar surface area (TPSA) is 69.6 Å². The molecule has 0 aliphatic carbocycles. The van der Waals surface area contributed by atoms with Crippen LogP contribution < -0.4 is 5.73 Å². The van der Waals surface area contributed by atoms with Crippen LogP contribution in [0.5, 0.6) is 0 Å². The second-order valence-electron chi connectivity index (χ2n) is 7.87. The number of hydrogen-bond acceptors (Lipinski definition) is 4. The molecule has 3 heterocycles. The van der Waals surface area contributed by atoms with E-state index in [4.69, 9.17) is 10.7 Å². The Hall–Kier alpha value is -3.21. The standard InChI is InChI=1S/C24H27N5/c1-4-6-21-28-22-23(29(21)15-16(2)3)19-11-10-17(13-20(19)27-24(22)25)8-9-18-7-5-12-26-14-18/h5,7-14,16H,4,6,15H2,1-3H3,(H2,25,27)/b9-8+. The van der Waals surface area contributed by atoms with Crippen molar-refractivity contribution in [3.63, 3.8) is 0 Å². The Labute approximate surface area is 171 Å². The summed E-state index contributed by atoms with van der Waals surface area (Å²) in [5.74, 6) is 2.12. The first-order chi connectivity index (χ1) is 14.1. The highest BCUT2D eigenvalue weighted by molar-refractivity contribution is 6.07. The van der Waals surface area contributed by atoms with Crippen molar-refractivity contribution in [3.8, 4) is 0 Å². The molecule has 4 aromatic rings. The summed E-state index contributed by atoms with van der Waals surface area (Å²) in [4.78, 5) is 13.7. The van der Waals surface area contributed by atoms with Crippen LogP contribution in [-0.2, 0) is 13.0 Å². The van der Waals surface area contributed by atoms with Crippen molar-refractivity contribution in [1.29, 1.82) is 0 Å². The zero-order valence-electron chi connectivity index (χ0n) is 17.3. The van der Waals surface area contributed by atoms with Crippen LogP contribution in [0.1, 0.15) is 44.1 Å². The summed E-state index contributed by atoms with van der Waals surface area (Å²) in [5, 5.41) is 1.10. The van der Waals surface area contributed by atoms with Crippen LogP contribution in [0.3, 0.4) is 0 Å². The van der Waals surface area contributed by atoms with Gasteiger partial charge in [-0.15, -0.1) is 0 Å². The Balaban J connectivity index is 1.85. The minimum atomic E-state index is 0.501. The Bertz CT molecular complexity index is 1170. The highest BCUT2D eigenvalue weighted by Crippen LogP contribution is 2.30. The first-order valence-electron chi connectivity index (χ1n) is 10.2. The van der Waals surface area contributed by atoms with E-state index in [9.17, 15) is 0 Å². The normalized spacial score (nSPS) is 12.0. The van der Waals surface area contributed by atoms with Crippen LogP contribution in [0.25, 0.3) is 34.1 Å². The van der Waals surface area contributed by atoms with Gasteiger partial charge in [-0.05, 0) is 35.6 Å². The van der Waals surface area contributed by atoms with Gasteiger partial charge in [-0.1, -0.05) is 51.1 Å². The second-order valence-corrected chi connectivity index (χ2v) is 7.87. The largest absolute Gasteiger partial charge is 0.382 e. The van der Waals surface area contributed by atoms with Crippen LogP contribution in [0, 0.1) is 5.92 Å². The van der Waals surface area contributed by atoms with Crippen LogP contribution in [0.15, 0.2) is 42.7 Å². The molecule has 148 valence electrons. The average Bonchev–Trinajstić information content (AvgIpc) is 3.06. The van der Waals surface area contributed by atoms with E-state index in [0.29, 0.717) is 11.7 Å². The number of nitrogens with two attached hydrogens (primary N) is 1. The van der Waals surface area contributed by atoms with Crippen molar-refractivity contribution in [2.24, 2.45) is 5.92 Å². The predicted molar refractivity (Wildman–Crippen MR) is 121 cm³/mol. The molecule has 1 aromatic carbocycles. The Morgan fingerprint density at radius 1 is 1.10 bits per heavy atom. The summed E-state index contributed by atoms with van der Waals surface area (Å²) in [6, 6.07) is 10.3. The number of nitrogen functional groups attached to an aromatic ring is 1. The lowest BCUT2D eigenvalue weighted by molar-refractivity contribution is 0.516. The summed E-state index contributed by atoms with van der Waals surface area (Å²) in [6.07, 6.45) is 9.74. The van der Waals surface area contributed by atoms with E-state index in [1.165, 1.54) is 0 Å². The lowest BCUT2D eigenvalue weighted by atomic mass is 10.1. The van der Waals surface area contributed by atoms with Gasteiger partial charge in [0.25, 0.3) is 0 Å². The van der Waals surface area contributed by atoms with Crippen molar-refractivity contribution in [2.75, 3.05) is 5.73 Å². The van der Waals surface area contributed by atoms with Crippen molar-refractivity contribution < 1.29 is 0 Å². The molecule has 3 aromatic heterocycles. The van der Waals surface area contributed by atoms with Gasteiger partial charge in [0.15, 0.2) is 5.82 Å². The van der Waals surface area contributed by atoms with Crippen molar-refractivity contribution in [3.05, 3.63) is 59.7 Å². The van der Waals surface area contributed by atoms with E-state index in [0.717, 1.165) is 58.3 Å². The zero-order valence-corrected chi connectivity index (χ0v) is 17.3. The zero-order chi connectivity index (χ0) is 20.4. The molecule has 0 saturated heterocycles. The monoisotopic (exact) mass is 385 g/mol. The fourth-order valence-electron chi connectivity index (χ4n) is 3.72. The molecule has 0 amide bonds. The molecular formula is C24H27N5. The Kier molecular flexibility index (Phi) is 5.30. The molecular weight excluding hydrogens is 358 g/mol. The fraction of sp³-hybridized carbons (Fsp3) is 0.292. The molecule has 0 spiro atoms. The molecule has 0 atom stereocenters. The quantitative estimate of drug-likeness (QED) is 0.486. The van der Waals surface area contributed by atoms with E-state index in [2.05, 4.69) is 65.7 Å². The van der Waals surface area contributed by atoms with Gasteiger partial charge in [-0.3, -0.25) is 4.98 Å². The summed E-state index contributed by atoms with van der Waals surface area (Å²) in [6.45, 7) is 7.57. The number of rotatable bonds is 6. The molecule has 0 bridgehead atoms. The van der Waals surface area contributed by atoms with Gasteiger partial charge < -0.3 is 10.3 Å². The summed E-state index contributed by atoms with van der Waals surface area (Å²) < 4.78 is 2.34. The lowest BCUT2D eigenvalue weighted by Gasteiger charge is -2.13. The van der Waals surface area contributed by atoms with E-state index in [1.807, 2.05) is 18.3 Å². The lowest BCUT2D eigenvalue weighted by Crippen LogP contribution is -2.09. The predicted octanol–water partition coefficient (Wildman–Crippen LogP) is 5.34. The van der Waals surface area contributed by atoms with Crippen LogP contribution in [0.4, 0.5) is 5.82 Å². The van der Waals surface area contributed by atoms with Gasteiger partial charge in [0.1, 0.15) is 11.3 Å². The second kappa shape index (κ2) is 8.03. The fourth-order valence-corrected chi connectivity index (χ4v) is 3.72. The Morgan fingerprint density at radius 2 is 1.93 bits per heavy atom. The van der Waals surface area contributed by atoms with E-state index >= 15 is 0 Å². The molecule has 2 N–H and O–H groups in total. The summed E-state index contributed by atoms with van der Waals surface area (Å²) in [7, 11) is 0. The van der Waals surface area contributed by atoms with Crippen LogP contribution in [0.2, 0.25) is 0 Å². The number of pyridine rings is 2. The minimum absolute atomic E-state index is 0.501. The third kappa shape index (κ3) is 3.86. The third-order valence-corrected chi connectivity index (χ3v) is 4.98. The number of nitrogens with zero attached hydrogens (tertiary/aromatic N) is 4. The van der Waals surface area contributed by atoms with Crippen LogP contribution >= 0.6 is 0 Å². The first-order valence-corrected chi connectivity index (χ1v) is 10.2. The highest BCUT2D eigenvalue weighted by atomic mass is 15.1. The molecule has 0 radical (unpaired) electrons. The van der Waals surface area contributed by atoms with Crippen molar-refractivity contribution in [1.82, 2.24) is 19.5 Å². The number of hydrogen-bond donors (Lipinski definition) is 1. The van der Waals surface area contributed by atoms with E-state index in [-0.39, 0.29) is 0 Å². The van der Waals surface area contributed by atoms with Gasteiger partial charge >= 0.3 is 0 Å². The van der Waals surface area contributed by atoms with Gasteiger partial charge in [0, 0.05) is 30.7 Å². The van der Waals surface area contributed by atoms with E-state index < -0.39 is 0 Å². The minimum Gasteiger partial charge on any atom is -0.382 e. The van der Waals surface area contributed by atoms with Gasteiger partial charge in [0.05, 0.1) is 11.0 Å². The van der Waals surface area contributed by atoms with Crippen molar-refractivity contribution >= 4 is 39.9 Å². The average molecular weight is 386 g/mol. The highest BCUT2D eigenvalue weighted by Gasteiger charge is 2.17. The number of aromatic nitrogens is 4. The maximum absolute atomic E-state index is 6.33. The Morgan fingerprint density at radius 3 is 2.66 bits per heavy atom. The number of aryl methyl sites for hydroxylation is 1. The first kappa shape index (κ1) is 19.1.